The van der Waals surface area contributed by atoms with E-state index >= 15 is 0 Å². The van der Waals surface area contributed by atoms with Crippen LogP contribution in [-0.2, 0) is 0 Å². The molecule has 0 aromatic carbocycles. The summed E-state index contributed by atoms with van der Waals surface area (Å²) >= 11 is 0. The zero-order valence-corrected chi connectivity index (χ0v) is 10.5. The van der Waals surface area contributed by atoms with Crippen LogP contribution in [0, 0.1) is 5.92 Å². The van der Waals surface area contributed by atoms with Crippen LogP contribution in [0.4, 0.5) is 5.95 Å². The Labute approximate surface area is 103 Å². The van der Waals surface area contributed by atoms with Crippen LogP contribution in [-0.4, -0.2) is 23.1 Å². The molecule has 0 atom stereocenters. The van der Waals surface area contributed by atoms with Crippen LogP contribution in [0.5, 0.6) is 5.88 Å². The van der Waals surface area contributed by atoms with Crippen LogP contribution < -0.4 is 10.1 Å². The van der Waals surface area contributed by atoms with Gasteiger partial charge in [-0.1, -0.05) is 19.8 Å². The molecule has 1 fully saturated rings. The van der Waals surface area contributed by atoms with Gasteiger partial charge < -0.3 is 10.1 Å². The number of aromatic nitrogens is 2. The molecule has 1 aromatic rings. The minimum Gasteiger partial charge on any atom is -0.477 e. The molecule has 17 heavy (non-hydrogen) atoms. The zero-order valence-electron chi connectivity index (χ0n) is 10.5. The Kier molecular flexibility index (Phi) is 4.59. The average Bonchev–Trinajstić information content (AvgIpc) is 2.87. The van der Waals surface area contributed by atoms with E-state index in [9.17, 15) is 0 Å². The predicted molar refractivity (Wildman–Crippen MR) is 68.3 cm³/mol. The van der Waals surface area contributed by atoms with Crippen molar-refractivity contribution in [2.24, 2.45) is 5.92 Å². The number of ether oxygens (including phenoxy) is 1. The van der Waals surface area contributed by atoms with Gasteiger partial charge in [-0.2, -0.15) is 4.98 Å². The highest BCUT2D eigenvalue weighted by Crippen LogP contribution is 2.25. The molecule has 0 amide bonds. The lowest BCUT2D eigenvalue weighted by Gasteiger charge is -2.11. The molecule has 0 spiro atoms. The van der Waals surface area contributed by atoms with E-state index in [4.69, 9.17) is 4.74 Å². The first kappa shape index (κ1) is 12.1. The van der Waals surface area contributed by atoms with Crippen molar-refractivity contribution in [2.75, 3.05) is 18.5 Å². The summed E-state index contributed by atoms with van der Waals surface area (Å²) in [7, 11) is 0. The van der Waals surface area contributed by atoms with Gasteiger partial charge in [0.1, 0.15) is 0 Å². The van der Waals surface area contributed by atoms with E-state index in [2.05, 4.69) is 22.2 Å². The quantitative estimate of drug-likeness (QED) is 0.823. The van der Waals surface area contributed by atoms with Gasteiger partial charge in [0.2, 0.25) is 11.8 Å². The third kappa shape index (κ3) is 3.88. The van der Waals surface area contributed by atoms with Gasteiger partial charge in [0.25, 0.3) is 0 Å². The van der Waals surface area contributed by atoms with E-state index in [1.54, 1.807) is 6.20 Å². The van der Waals surface area contributed by atoms with E-state index in [1.165, 1.54) is 25.7 Å². The van der Waals surface area contributed by atoms with Crippen molar-refractivity contribution in [1.29, 1.82) is 0 Å². The van der Waals surface area contributed by atoms with Crippen molar-refractivity contribution in [2.45, 2.75) is 39.0 Å². The molecule has 0 aliphatic heterocycles. The Morgan fingerprint density at radius 2 is 2.24 bits per heavy atom. The summed E-state index contributed by atoms with van der Waals surface area (Å²) in [6.07, 6.45) is 8.10. The van der Waals surface area contributed by atoms with E-state index in [0.29, 0.717) is 11.8 Å². The molecular weight excluding hydrogens is 214 g/mol. The van der Waals surface area contributed by atoms with E-state index < -0.39 is 0 Å². The van der Waals surface area contributed by atoms with Gasteiger partial charge in [-0.05, 0) is 25.2 Å². The van der Waals surface area contributed by atoms with Crippen molar-refractivity contribution < 1.29 is 4.74 Å². The third-order valence-corrected chi connectivity index (χ3v) is 3.10. The summed E-state index contributed by atoms with van der Waals surface area (Å²) < 4.78 is 5.72. The van der Waals surface area contributed by atoms with Crippen molar-refractivity contribution in [3.8, 4) is 5.88 Å². The Balaban J connectivity index is 1.82. The highest BCUT2D eigenvalue weighted by Gasteiger charge is 2.15. The normalized spacial score (nSPS) is 16.1. The zero-order chi connectivity index (χ0) is 11.9. The smallest absolute Gasteiger partial charge is 0.225 e. The number of nitrogens with one attached hydrogen (secondary N) is 1. The molecule has 4 heteroatoms. The number of hydrogen-bond donors (Lipinski definition) is 1. The van der Waals surface area contributed by atoms with E-state index in [0.717, 1.165) is 25.5 Å². The Morgan fingerprint density at radius 1 is 1.41 bits per heavy atom. The molecule has 1 aliphatic carbocycles. The highest BCUT2D eigenvalue weighted by atomic mass is 16.5. The maximum absolute atomic E-state index is 5.72. The predicted octanol–water partition coefficient (Wildman–Crippen LogP) is 2.87. The van der Waals surface area contributed by atoms with Gasteiger partial charge >= 0.3 is 0 Å². The maximum atomic E-state index is 5.72. The minimum absolute atomic E-state index is 0.663. The largest absolute Gasteiger partial charge is 0.477 e. The first-order chi connectivity index (χ1) is 8.38. The summed E-state index contributed by atoms with van der Waals surface area (Å²) in [6, 6.07) is 1.83. The SMILES string of the molecule is CCCNc1nccc(OCC2CCCC2)n1. The van der Waals surface area contributed by atoms with Crippen LogP contribution in [0.2, 0.25) is 0 Å². The second kappa shape index (κ2) is 6.42. The molecule has 0 unspecified atom stereocenters. The van der Waals surface area contributed by atoms with Crippen LogP contribution in [0.3, 0.4) is 0 Å². The molecule has 1 saturated carbocycles. The molecule has 0 bridgehead atoms. The van der Waals surface area contributed by atoms with Crippen LogP contribution >= 0.6 is 0 Å². The highest BCUT2D eigenvalue weighted by molar-refractivity contribution is 5.27. The lowest BCUT2D eigenvalue weighted by Crippen LogP contribution is -2.10. The number of rotatable bonds is 6. The summed E-state index contributed by atoms with van der Waals surface area (Å²) in [5, 5.41) is 3.16. The molecule has 1 aromatic heterocycles. The van der Waals surface area contributed by atoms with Gasteiger partial charge in [0.15, 0.2) is 0 Å². The van der Waals surface area contributed by atoms with Crippen LogP contribution in [0.25, 0.3) is 0 Å². The Hall–Kier alpha value is -1.32. The number of hydrogen-bond acceptors (Lipinski definition) is 4. The maximum Gasteiger partial charge on any atom is 0.225 e. The van der Waals surface area contributed by atoms with Gasteiger partial charge in [-0.25, -0.2) is 4.98 Å². The first-order valence-electron chi connectivity index (χ1n) is 6.58. The molecule has 1 aliphatic rings. The fourth-order valence-corrected chi connectivity index (χ4v) is 2.12. The van der Waals surface area contributed by atoms with E-state index in [1.807, 2.05) is 6.07 Å². The lowest BCUT2D eigenvalue weighted by molar-refractivity contribution is 0.243. The standard InChI is InChI=1S/C13H21N3O/c1-2-8-14-13-15-9-7-12(16-13)17-10-11-5-3-4-6-11/h7,9,11H,2-6,8,10H2,1H3,(H,14,15,16). The fraction of sp³-hybridized carbons (Fsp3) is 0.692. The Bertz CT molecular complexity index is 337. The topological polar surface area (TPSA) is 47.0 Å². The molecule has 4 nitrogen and oxygen atoms in total. The number of nitrogens with zero attached hydrogens (tertiary/aromatic N) is 2. The monoisotopic (exact) mass is 235 g/mol. The Morgan fingerprint density at radius 3 is 3.00 bits per heavy atom. The summed E-state index contributed by atoms with van der Waals surface area (Å²) in [4.78, 5) is 8.48. The van der Waals surface area contributed by atoms with Gasteiger partial charge in [-0.15, -0.1) is 0 Å². The summed E-state index contributed by atoms with van der Waals surface area (Å²) in [5.74, 6) is 2.07. The summed E-state index contributed by atoms with van der Waals surface area (Å²) in [5.41, 5.74) is 0. The van der Waals surface area contributed by atoms with Gasteiger partial charge in [0, 0.05) is 18.8 Å². The molecule has 2 rings (SSSR count). The average molecular weight is 235 g/mol. The lowest BCUT2D eigenvalue weighted by atomic mass is 10.1. The number of anilines is 1. The molecule has 0 radical (unpaired) electrons. The van der Waals surface area contributed by atoms with E-state index in [-0.39, 0.29) is 0 Å². The van der Waals surface area contributed by atoms with Crippen molar-refractivity contribution in [3.63, 3.8) is 0 Å². The molecule has 1 N–H and O–H groups in total. The van der Waals surface area contributed by atoms with Crippen molar-refractivity contribution in [3.05, 3.63) is 12.3 Å². The fourth-order valence-electron chi connectivity index (χ4n) is 2.12. The third-order valence-electron chi connectivity index (χ3n) is 3.10. The molecule has 94 valence electrons. The van der Waals surface area contributed by atoms with Crippen molar-refractivity contribution in [1.82, 2.24) is 9.97 Å². The second-order valence-corrected chi connectivity index (χ2v) is 4.61. The molecule has 1 heterocycles. The first-order valence-corrected chi connectivity index (χ1v) is 6.58. The second-order valence-electron chi connectivity index (χ2n) is 4.61. The van der Waals surface area contributed by atoms with Crippen molar-refractivity contribution >= 4 is 5.95 Å². The van der Waals surface area contributed by atoms with Crippen LogP contribution in [0.1, 0.15) is 39.0 Å². The van der Waals surface area contributed by atoms with Gasteiger partial charge in [0.05, 0.1) is 6.61 Å². The van der Waals surface area contributed by atoms with Crippen LogP contribution in [0.15, 0.2) is 12.3 Å². The molecule has 0 saturated heterocycles. The van der Waals surface area contributed by atoms with Gasteiger partial charge in [-0.3, -0.25) is 0 Å². The molecular formula is C13H21N3O. The summed E-state index contributed by atoms with van der Waals surface area (Å²) in [6.45, 7) is 3.81. The minimum atomic E-state index is 0.663.